The van der Waals surface area contributed by atoms with E-state index >= 15 is 0 Å². The molecular weight excluding hydrogens is 145 g/mol. The van der Waals surface area contributed by atoms with Crippen LogP contribution >= 0.6 is 0 Å². The zero-order valence-corrected chi connectivity index (χ0v) is 6.46. The van der Waals surface area contributed by atoms with Gasteiger partial charge in [0.1, 0.15) is 5.67 Å². The first-order valence-corrected chi connectivity index (χ1v) is 3.97. The molecule has 0 aliphatic heterocycles. The van der Waals surface area contributed by atoms with E-state index in [0.29, 0.717) is 12.8 Å². The first kappa shape index (κ1) is 8.34. The number of halogens is 1. The summed E-state index contributed by atoms with van der Waals surface area (Å²) >= 11 is 0. The standard InChI is InChI=1S/C7H12FN3/c8-7(6-10-11-9)4-2-1-3-5-7/h1-6H2. The molecule has 0 spiro atoms. The van der Waals surface area contributed by atoms with Crippen molar-refractivity contribution in [3.63, 3.8) is 0 Å². The number of alkyl halides is 1. The Morgan fingerprint density at radius 1 is 1.36 bits per heavy atom. The van der Waals surface area contributed by atoms with Crippen LogP contribution in [-0.2, 0) is 0 Å². The zero-order valence-electron chi connectivity index (χ0n) is 6.46. The molecule has 4 heteroatoms. The third-order valence-electron chi connectivity index (χ3n) is 2.17. The third kappa shape index (κ3) is 2.39. The van der Waals surface area contributed by atoms with Gasteiger partial charge in [0.2, 0.25) is 0 Å². The van der Waals surface area contributed by atoms with E-state index in [-0.39, 0.29) is 6.54 Å². The summed E-state index contributed by atoms with van der Waals surface area (Å²) < 4.78 is 13.5. The van der Waals surface area contributed by atoms with Crippen LogP contribution in [0, 0.1) is 0 Å². The van der Waals surface area contributed by atoms with Crippen LogP contribution < -0.4 is 0 Å². The van der Waals surface area contributed by atoms with Crippen molar-refractivity contribution >= 4 is 0 Å². The highest BCUT2D eigenvalue weighted by Gasteiger charge is 2.30. The molecule has 0 saturated heterocycles. The SMILES string of the molecule is [N-]=[N+]=NCC1(F)CCCCC1. The molecule has 1 aliphatic carbocycles. The smallest absolute Gasteiger partial charge is 0.116 e. The Balaban J connectivity index is 2.42. The monoisotopic (exact) mass is 157 g/mol. The molecule has 0 unspecified atom stereocenters. The number of rotatable bonds is 2. The van der Waals surface area contributed by atoms with E-state index in [1.54, 1.807) is 0 Å². The van der Waals surface area contributed by atoms with Gasteiger partial charge < -0.3 is 0 Å². The van der Waals surface area contributed by atoms with Gasteiger partial charge in [0, 0.05) is 4.91 Å². The van der Waals surface area contributed by atoms with Gasteiger partial charge in [-0.05, 0) is 18.4 Å². The second-order valence-electron chi connectivity index (χ2n) is 3.10. The van der Waals surface area contributed by atoms with Crippen LogP contribution in [0.2, 0.25) is 0 Å². The Labute approximate surface area is 65.2 Å². The summed E-state index contributed by atoms with van der Waals surface area (Å²) in [4.78, 5) is 2.56. The molecule has 0 N–H and O–H groups in total. The van der Waals surface area contributed by atoms with Gasteiger partial charge in [-0.3, -0.25) is 0 Å². The molecule has 1 rings (SSSR count). The average Bonchev–Trinajstić information content (AvgIpc) is 2.03. The Kier molecular flexibility index (Phi) is 2.71. The molecule has 0 bridgehead atoms. The molecular formula is C7H12FN3. The lowest BCUT2D eigenvalue weighted by Crippen LogP contribution is -2.29. The number of hydrogen-bond acceptors (Lipinski definition) is 1. The van der Waals surface area contributed by atoms with E-state index in [1.165, 1.54) is 0 Å². The lowest BCUT2D eigenvalue weighted by atomic mass is 9.87. The molecule has 0 radical (unpaired) electrons. The Morgan fingerprint density at radius 2 is 2.00 bits per heavy atom. The summed E-state index contributed by atoms with van der Waals surface area (Å²) in [6.45, 7) is 0.0174. The molecule has 0 atom stereocenters. The zero-order chi connectivity index (χ0) is 8.16. The predicted molar refractivity (Wildman–Crippen MR) is 40.9 cm³/mol. The maximum Gasteiger partial charge on any atom is 0.116 e. The normalized spacial score (nSPS) is 22.3. The molecule has 0 aromatic rings. The van der Waals surface area contributed by atoms with E-state index in [9.17, 15) is 4.39 Å². The van der Waals surface area contributed by atoms with Crippen LogP contribution in [0.3, 0.4) is 0 Å². The van der Waals surface area contributed by atoms with Crippen molar-refractivity contribution in [2.75, 3.05) is 6.54 Å². The van der Waals surface area contributed by atoms with Gasteiger partial charge in [-0.15, -0.1) is 0 Å². The molecule has 0 heterocycles. The minimum absolute atomic E-state index is 0.0174. The number of nitrogens with zero attached hydrogens (tertiary/aromatic N) is 3. The minimum Gasteiger partial charge on any atom is -0.244 e. The second kappa shape index (κ2) is 3.58. The van der Waals surface area contributed by atoms with Gasteiger partial charge in [0.15, 0.2) is 0 Å². The van der Waals surface area contributed by atoms with E-state index in [0.717, 1.165) is 19.3 Å². The Bertz CT molecular complexity index is 169. The molecule has 11 heavy (non-hydrogen) atoms. The molecule has 3 nitrogen and oxygen atoms in total. The van der Waals surface area contributed by atoms with Crippen molar-refractivity contribution in [2.45, 2.75) is 37.8 Å². The van der Waals surface area contributed by atoms with Crippen molar-refractivity contribution in [2.24, 2.45) is 5.11 Å². The summed E-state index contributed by atoms with van der Waals surface area (Å²) in [6.07, 6.45) is 4.09. The van der Waals surface area contributed by atoms with Gasteiger partial charge in [0.25, 0.3) is 0 Å². The fourth-order valence-electron chi connectivity index (χ4n) is 1.50. The fraction of sp³-hybridized carbons (Fsp3) is 1.00. The molecule has 62 valence electrons. The van der Waals surface area contributed by atoms with Crippen molar-refractivity contribution in [3.8, 4) is 0 Å². The molecule has 1 fully saturated rings. The fourth-order valence-corrected chi connectivity index (χ4v) is 1.50. The lowest BCUT2D eigenvalue weighted by Gasteiger charge is -2.27. The first-order valence-electron chi connectivity index (χ1n) is 3.97. The molecule has 1 aliphatic rings. The van der Waals surface area contributed by atoms with Crippen molar-refractivity contribution in [3.05, 3.63) is 10.4 Å². The van der Waals surface area contributed by atoms with Crippen molar-refractivity contribution in [1.82, 2.24) is 0 Å². The van der Waals surface area contributed by atoms with Crippen LogP contribution in [0.15, 0.2) is 5.11 Å². The van der Waals surface area contributed by atoms with Gasteiger partial charge in [-0.25, -0.2) is 4.39 Å². The first-order chi connectivity index (χ1) is 5.27. The summed E-state index contributed by atoms with van der Waals surface area (Å²) in [5.74, 6) is 0. The van der Waals surface area contributed by atoms with E-state index < -0.39 is 5.67 Å². The maximum absolute atomic E-state index is 13.5. The average molecular weight is 157 g/mol. The van der Waals surface area contributed by atoms with Crippen LogP contribution in [0.5, 0.6) is 0 Å². The number of azide groups is 1. The van der Waals surface area contributed by atoms with E-state index in [2.05, 4.69) is 10.0 Å². The third-order valence-corrected chi connectivity index (χ3v) is 2.17. The van der Waals surface area contributed by atoms with Gasteiger partial charge in [-0.1, -0.05) is 24.4 Å². The predicted octanol–water partition coefficient (Wildman–Crippen LogP) is 2.97. The minimum atomic E-state index is -1.19. The van der Waals surface area contributed by atoms with Gasteiger partial charge in [-0.2, -0.15) is 0 Å². The van der Waals surface area contributed by atoms with E-state index in [1.807, 2.05) is 0 Å². The van der Waals surface area contributed by atoms with Crippen molar-refractivity contribution < 1.29 is 4.39 Å². The van der Waals surface area contributed by atoms with Crippen LogP contribution in [0.4, 0.5) is 4.39 Å². The van der Waals surface area contributed by atoms with Crippen LogP contribution in [-0.4, -0.2) is 12.2 Å². The van der Waals surface area contributed by atoms with E-state index in [4.69, 9.17) is 5.53 Å². The van der Waals surface area contributed by atoms with Gasteiger partial charge in [0.05, 0.1) is 6.54 Å². The Hall–Kier alpha value is -0.760. The molecule has 0 aromatic carbocycles. The number of hydrogen-bond donors (Lipinski definition) is 0. The molecule has 0 aromatic heterocycles. The Morgan fingerprint density at radius 3 is 2.55 bits per heavy atom. The van der Waals surface area contributed by atoms with Crippen LogP contribution in [0.25, 0.3) is 10.4 Å². The van der Waals surface area contributed by atoms with Gasteiger partial charge >= 0.3 is 0 Å². The molecule has 0 amide bonds. The van der Waals surface area contributed by atoms with Crippen LogP contribution in [0.1, 0.15) is 32.1 Å². The highest BCUT2D eigenvalue weighted by molar-refractivity contribution is 4.84. The topological polar surface area (TPSA) is 48.8 Å². The summed E-state index contributed by atoms with van der Waals surface area (Å²) in [6, 6.07) is 0. The summed E-state index contributed by atoms with van der Waals surface area (Å²) in [5.41, 5.74) is 6.81. The van der Waals surface area contributed by atoms with Crippen molar-refractivity contribution in [1.29, 1.82) is 0 Å². The second-order valence-corrected chi connectivity index (χ2v) is 3.10. The quantitative estimate of drug-likeness (QED) is 0.336. The highest BCUT2D eigenvalue weighted by atomic mass is 19.1. The maximum atomic E-state index is 13.5. The summed E-state index contributed by atoms with van der Waals surface area (Å²) in [5, 5.41) is 3.27. The molecule has 1 saturated carbocycles. The highest BCUT2D eigenvalue weighted by Crippen LogP contribution is 2.31. The summed E-state index contributed by atoms with van der Waals surface area (Å²) in [7, 11) is 0. The lowest BCUT2D eigenvalue weighted by molar-refractivity contribution is 0.117. The largest absolute Gasteiger partial charge is 0.244 e.